The first-order valence-corrected chi connectivity index (χ1v) is 8.20. The van der Waals surface area contributed by atoms with Crippen LogP contribution < -0.4 is 10.1 Å². The van der Waals surface area contributed by atoms with Crippen LogP contribution in [-0.2, 0) is 6.42 Å². The van der Waals surface area contributed by atoms with Gasteiger partial charge >= 0.3 is 0 Å². The maximum Gasteiger partial charge on any atom is 0.125 e. The highest BCUT2D eigenvalue weighted by Crippen LogP contribution is 2.22. The molecule has 0 amide bonds. The number of aliphatic hydroxyl groups is 1. The van der Waals surface area contributed by atoms with Crippen molar-refractivity contribution in [3.05, 3.63) is 51.7 Å². The summed E-state index contributed by atoms with van der Waals surface area (Å²) < 4.78 is 5.74. The third-order valence-corrected chi connectivity index (χ3v) is 4.11. The van der Waals surface area contributed by atoms with Crippen LogP contribution in [0.25, 0.3) is 0 Å². The Morgan fingerprint density at radius 3 is 2.67 bits per heavy atom. The molecule has 0 aliphatic carbocycles. The van der Waals surface area contributed by atoms with Crippen molar-refractivity contribution in [1.82, 2.24) is 5.32 Å². The van der Waals surface area contributed by atoms with Crippen LogP contribution in [0, 0.1) is 13.8 Å². The van der Waals surface area contributed by atoms with E-state index in [1.807, 2.05) is 32.0 Å². The molecule has 0 saturated heterocycles. The molecule has 0 radical (unpaired) electrons. The average molecular weight is 305 g/mol. The Balaban J connectivity index is 1.66. The highest BCUT2D eigenvalue weighted by Gasteiger charge is 2.08. The van der Waals surface area contributed by atoms with E-state index in [-0.39, 0.29) is 0 Å². The monoisotopic (exact) mass is 305 g/mol. The number of rotatable bonds is 8. The van der Waals surface area contributed by atoms with Crippen molar-refractivity contribution in [2.75, 3.05) is 19.7 Å². The standard InChI is InChI=1S/C17H23NO2S/c1-13-4-3-5-14(2)17(13)20-11-16(19)10-18-8-6-15-7-9-21-12-15/h3-5,7,9,12,16,18-19H,6,8,10-11H2,1-2H3. The number of benzene rings is 1. The minimum absolute atomic E-state index is 0.317. The van der Waals surface area contributed by atoms with E-state index in [9.17, 15) is 5.11 Å². The first-order valence-electron chi connectivity index (χ1n) is 7.25. The van der Waals surface area contributed by atoms with E-state index < -0.39 is 6.10 Å². The van der Waals surface area contributed by atoms with Crippen molar-refractivity contribution in [2.45, 2.75) is 26.4 Å². The fourth-order valence-electron chi connectivity index (χ4n) is 2.20. The van der Waals surface area contributed by atoms with E-state index in [1.165, 1.54) is 5.56 Å². The van der Waals surface area contributed by atoms with Crippen LogP contribution in [0.2, 0.25) is 0 Å². The SMILES string of the molecule is Cc1cccc(C)c1OCC(O)CNCCc1ccsc1. The molecule has 1 atom stereocenters. The summed E-state index contributed by atoms with van der Waals surface area (Å²) in [6.07, 6.45) is 0.500. The zero-order valence-electron chi connectivity index (χ0n) is 12.6. The molecule has 4 heteroatoms. The molecule has 1 aromatic heterocycles. The molecule has 1 heterocycles. The number of nitrogens with one attached hydrogen (secondary N) is 1. The Morgan fingerprint density at radius 1 is 1.24 bits per heavy atom. The van der Waals surface area contributed by atoms with Crippen molar-refractivity contribution in [3.63, 3.8) is 0 Å². The van der Waals surface area contributed by atoms with Crippen LogP contribution in [0.3, 0.4) is 0 Å². The van der Waals surface area contributed by atoms with Crippen LogP contribution in [-0.4, -0.2) is 30.9 Å². The topological polar surface area (TPSA) is 41.5 Å². The number of thiophene rings is 1. The summed E-state index contributed by atoms with van der Waals surface area (Å²) in [4.78, 5) is 0. The lowest BCUT2D eigenvalue weighted by Gasteiger charge is -2.16. The molecular formula is C17H23NO2S. The molecule has 21 heavy (non-hydrogen) atoms. The van der Waals surface area contributed by atoms with Crippen molar-refractivity contribution in [1.29, 1.82) is 0 Å². The third kappa shape index (κ3) is 5.16. The summed E-state index contributed by atoms with van der Waals surface area (Å²) in [5, 5.41) is 17.5. The summed E-state index contributed by atoms with van der Waals surface area (Å²) in [5.41, 5.74) is 3.55. The molecule has 0 spiro atoms. The Bertz CT molecular complexity index is 519. The second-order valence-electron chi connectivity index (χ2n) is 5.27. The van der Waals surface area contributed by atoms with Gasteiger partial charge in [-0.2, -0.15) is 11.3 Å². The van der Waals surface area contributed by atoms with Crippen molar-refractivity contribution < 1.29 is 9.84 Å². The van der Waals surface area contributed by atoms with Crippen LogP contribution in [0.15, 0.2) is 35.0 Å². The lowest BCUT2D eigenvalue weighted by atomic mass is 10.1. The van der Waals surface area contributed by atoms with Crippen molar-refractivity contribution in [3.8, 4) is 5.75 Å². The number of hydrogen-bond acceptors (Lipinski definition) is 4. The predicted octanol–water partition coefficient (Wildman–Crippen LogP) is 2.94. The van der Waals surface area contributed by atoms with Gasteiger partial charge in [0, 0.05) is 6.54 Å². The lowest BCUT2D eigenvalue weighted by molar-refractivity contribution is 0.106. The largest absolute Gasteiger partial charge is 0.490 e. The van der Waals surface area contributed by atoms with Gasteiger partial charge in [-0.1, -0.05) is 18.2 Å². The van der Waals surface area contributed by atoms with E-state index in [0.717, 1.165) is 29.8 Å². The molecule has 3 nitrogen and oxygen atoms in total. The smallest absolute Gasteiger partial charge is 0.125 e. The Hall–Kier alpha value is -1.36. The molecule has 0 aliphatic rings. The summed E-state index contributed by atoms with van der Waals surface area (Å²) in [6.45, 7) is 5.78. The molecule has 2 rings (SSSR count). The van der Waals surface area contributed by atoms with E-state index >= 15 is 0 Å². The number of aryl methyl sites for hydroxylation is 2. The van der Waals surface area contributed by atoms with Crippen LogP contribution in [0.4, 0.5) is 0 Å². The molecule has 1 aromatic carbocycles. The second kappa shape index (κ2) is 8.17. The van der Waals surface area contributed by atoms with Gasteiger partial charge in [0.15, 0.2) is 0 Å². The number of para-hydroxylation sites is 1. The van der Waals surface area contributed by atoms with E-state index in [4.69, 9.17) is 4.74 Å². The van der Waals surface area contributed by atoms with Gasteiger partial charge < -0.3 is 15.2 Å². The third-order valence-electron chi connectivity index (χ3n) is 3.38. The molecular weight excluding hydrogens is 282 g/mol. The quantitative estimate of drug-likeness (QED) is 0.737. The highest BCUT2D eigenvalue weighted by atomic mass is 32.1. The number of ether oxygens (including phenoxy) is 1. The first-order chi connectivity index (χ1) is 10.2. The van der Waals surface area contributed by atoms with Gasteiger partial charge in [0.2, 0.25) is 0 Å². The fourth-order valence-corrected chi connectivity index (χ4v) is 2.90. The van der Waals surface area contributed by atoms with Crippen molar-refractivity contribution >= 4 is 11.3 Å². The summed E-state index contributed by atoms with van der Waals surface area (Å²) >= 11 is 1.72. The molecule has 1 unspecified atom stereocenters. The number of hydrogen-bond donors (Lipinski definition) is 2. The maximum absolute atomic E-state index is 9.96. The average Bonchev–Trinajstić information content (AvgIpc) is 2.96. The van der Waals surface area contributed by atoms with Crippen LogP contribution >= 0.6 is 11.3 Å². The molecule has 0 saturated carbocycles. The van der Waals surface area contributed by atoms with E-state index in [0.29, 0.717) is 13.2 Å². The number of aliphatic hydroxyl groups excluding tert-OH is 1. The zero-order chi connectivity index (χ0) is 15.1. The van der Waals surface area contributed by atoms with E-state index in [1.54, 1.807) is 11.3 Å². The molecule has 2 aromatic rings. The van der Waals surface area contributed by atoms with Gasteiger partial charge in [0.1, 0.15) is 18.5 Å². The molecule has 2 N–H and O–H groups in total. The second-order valence-corrected chi connectivity index (χ2v) is 6.05. The minimum atomic E-state index is -0.494. The lowest BCUT2D eigenvalue weighted by Crippen LogP contribution is -2.32. The Kier molecular flexibility index (Phi) is 6.23. The summed E-state index contributed by atoms with van der Waals surface area (Å²) in [6, 6.07) is 8.19. The van der Waals surface area contributed by atoms with Crippen LogP contribution in [0.5, 0.6) is 5.75 Å². The van der Waals surface area contributed by atoms with Gasteiger partial charge in [0.25, 0.3) is 0 Å². The zero-order valence-corrected chi connectivity index (χ0v) is 13.5. The first kappa shape index (κ1) is 16.0. The Labute approximate surface area is 130 Å². The summed E-state index contributed by atoms with van der Waals surface area (Å²) in [5.74, 6) is 0.884. The predicted molar refractivity (Wildman–Crippen MR) is 88.3 cm³/mol. The molecule has 0 bridgehead atoms. The van der Waals surface area contributed by atoms with Crippen molar-refractivity contribution in [2.24, 2.45) is 0 Å². The van der Waals surface area contributed by atoms with Gasteiger partial charge in [-0.05, 0) is 60.3 Å². The van der Waals surface area contributed by atoms with E-state index in [2.05, 4.69) is 22.1 Å². The molecule has 0 fully saturated rings. The van der Waals surface area contributed by atoms with Crippen LogP contribution in [0.1, 0.15) is 16.7 Å². The Morgan fingerprint density at radius 2 is 2.00 bits per heavy atom. The molecule has 114 valence electrons. The van der Waals surface area contributed by atoms with Gasteiger partial charge in [0.05, 0.1) is 0 Å². The highest BCUT2D eigenvalue weighted by molar-refractivity contribution is 7.07. The van der Waals surface area contributed by atoms with Gasteiger partial charge in [-0.3, -0.25) is 0 Å². The van der Waals surface area contributed by atoms with Gasteiger partial charge in [-0.25, -0.2) is 0 Å². The normalized spacial score (nSPS) is 12.3. The summed E-state index contributed by atoms with van der Waals surface area (Å²) in [7, 11) is 0. The minimum Gasteiger partial charge on any atom is -0.490 e. The maximum atomic E-state index is 9.96. The fraction of sp³-hybridized carbons (Fsp3) is 0.412. The molecule has 0 aliphatic heterocycles. The van der Waals surface area contributed by atoms with Gasteiger partial charge in [-0.15, -0.1) is 0 Å².